The summed E-state index contributed by atoms with van der Waals surface area (Å²) in [7, 11) is 1.63. The number of halogens is 2. The van der Waals surface area contributed by atoms with Crippen LogP contribution in [0, 0.1) is 0 Å². The van der Waals surface area contributed by atoms with Crippen molar-refractivity contribution in [1.29, 1.82) is 0 Å². The Kier molecular flexibility index (Phi) is 6.64. The first-order valence-electron chi connectivity index (χ1n) is 7.70. The number of carbonyl (C=O) groups is 2. The summed E-state index contributed by atoms with van der Waals surface area (Å²) in [5.74, 6) is -0.289. The fraction of sp³-hybridized carbons (Fsp3) is 0.294. The van der Waals surface area contributed by atoms with Crippen LogP contribution in [-0.2, 0) is 0 Å². The number of nitrogens with zero attached hydrogens (tertiary/aromatic N) is 1. The van der Waals surface area contributed by atoms with E-state index in [2.05, 4.69) is 26.6 Å². The van der Waals surface area contributed by atoms with Crippen molar-refractivity contribution in [2.75, 3.05) is 25.0 Å². The summed E-state index contributed by atoms with van der Waals surface area (Å²) < 4.78 is 5.80. The molecule has 2 aromatic rings. The molecule has 1 aliphatic rings. The van der Waals surface area contributed by atoms with E-state index >= 15 is 0 Å². The molecule has 1 aromatic heterocycles. The number of furan rings is 1. The molecule has 2 heterocycles. The number of hydrogen-bond donors (Lipinski definition) is 2. The average Bonchev–Trinajstić information content (AvgIpc) is 3.25. The molecule has 1 atom stereocenters. The van der Waals surface area contributed by atoms with E-state index in [0.717, 1.165) is 19.5 Å². The molecule has 1 saturated heterocycles. The van der Waals surface area contributed by atoms with Gasteiger partial charge in [-0.25, -0.2) is 0 Å². The van der Waals surface area contributed by atoms with E-state index in [1.54, 1.807) is 43.4 Å². The fourth-order valence-electron chi connectivity index (χ4n) is 2.70. The molecule has 1 fully saturated rings. The number of carbonyl (C=O) groups excluding carboxylic acids is 2. The fourth-order valence-corrected chi connectivity index (χ4v) is 3.01. The quantitative estimate of drug-likeness (QED) is 0.785. The third-order valence-electron chi connectivity index (χ3n) is 3.99. The molecule has 0 aliphatic carbocycles. The number of hydrogen-bond acceptors (Lipinski definition) is 4. The minimum atomic E-state index is -0.316. The minimum absolute atomic E-state index is 0. The summed E-state index contributed by atoms with van der Waals surface area (Å²) in [5, 5.41) is 6.22. The first-order chi connectivity index (χ1) is 11.6. The van der Waals surface area contributed by atoms with E-state index in [4.69, 9.17) is 4.42 Å². The summed E-state index contributed by atoms with van der Waals surface area (Å²) in [6, 6.07) is 10.4. The normalized spacial score (nSPS) is 16.2. The number of para-hydroxylation sites is 1. The second kappa shape index (κ2) is 8.51. The van der Waals surface area contributed by atoms with E-state index in [9.17, 15) is 9.59 Å². The molecule has 2 N–H and O–H groups in total. The summed E-state index contributed by atoms with van der Waals surface area (Å²) >= 11 is 3.18. The first-order valence-corrected chi connectivity index (χ1v) is 8.49. The van der Waals surface area contributed by atoms with Gasteiger partial charge in [0.05, 0.1) is 11.3 Å². The third kappa shape index (κ3) is 4.42. The van der Waals surface area contributed by atoms with Gasteiger partial charge >= 0.3 is 0 Å². The molecule has 6 nitrogen and oxygen atoms in total. The molecule has 0 saturated carbocycles. The number of nitrogens with one attached hydrogen (secondary N) is 2. The van der Waals surface area contributed by atoms with Crippen LogP contribution >= 0.6 is 28.3 Å². The van der Waals surface area contributed by atoms with Crippen LogP contribution in [0.5, 0.6) is 0 Å². The Labute approximate surface area is 160 Å². The van der Waals surface area contributed by atoms with E-state index < -0.39 is 0 Å². The van der Waals surface area contributed by atoms with Gasteiger partial charge in [0.25, 0.3) is 11.8 Å². The van der Waals surface area contributed by atoms with Gasteiger partial charge in [-0.15, -0.1) is 12.4 Å². The van der Waals surface area contributed by atoms with Crippen LogP contribution in [0.25, 0.3) is 0 Å². The summed E-state index contributed by atoms with van der Waals surface area (Å²) in [5.41, 5.74) is 1.00. The maximum atomic E-state index is 12.6. The lowest BCUT2D eigenvalue weighted by atomic mass is 10.1. The Balaban J connectivity index is 0.00000225. The Morgan fingerprint density at radius 1 is 1.28 bits per heavy atom. The first kappa shape index (κ1) is 19.5. The molecular weight excluding hydrogens is 410 g/mol. The van der Waals surface area contributed by atoms with Crippen molar-refractivity contribution in [2.24, 2.45) is 0 Å². The molecule has 0 bridgehead atoms. The van der Waals surface area contributed by atoms with Crippen molar-refractivity contribution in [3.63, 3.8) is 0 Å². The summed E-state index contributed by atoms with van der Waals surface area (Å²) in [6.45, 7) is 1.67. The van der Waals surface area contributed by atoms with Crippen LogP contribution in [0.2, 0.25) is 0 Å². The highest BCUT2D eigenvalue weighted by Crippen LogP contribution is 2.23. The molecule has 1 unspecified atom stereocenters. The van der Waals surface area contributed by atoms with Crippen molar-refractivity contribution < 1.29 is 14.0 Å². The van der Waals surface area contributed by atoms with Crippen LogP contribution in [0.4, 0.5) is 5.69 Å². The molecule has 0 spiro atoms. The van der Waals surface area contributed by atoms with Gasteiger partial charge in [0.15, 0.2) is 10.4 Å². The summed E-state index contributed by atoms with van der Waals surface area (Å²) in [6.07, 6.45) is 0.906. The SMILES string of the molecule is CN(C(=O)c1ccc(Br)o1)c1ccccc1C(=O)NC1CCNC1.Cl. The van der Waals surface area contributed by atoms with Crippen molar-refractivity contribution in [3.05, 3.63) is 52.4 Å². The third-order valence-corrected chi connectivity index (χ3v) is 4.42. The van der Waals surface area contributed by atoms with Gasteiger partial charge in [-0.1, -0.05) is 12.1 Å². The largest absolute Gasteiger partial charge is 0.444 e. The van der Waals surface area contributed by atoms with E-state index in [-0.39, 0.29) is 36.0 Å². The Bertz CT molecular complexity index is 759. The molecule has 25 heavy (non-hydrogen) atoms. The molecule has 3 rings (SSSR count). The Morgan fingerprint density at radius 3 is 2.68 bits per heavy atom. The van der Waals surface area contributed by atoms with Gasteiger partial charge in [0, 0.05) is 19.6 Å². The lowest BCUT2D eigenvalue weighted by Crippen LogP contribution is -2.37. The zero-order valence-electron chi connectivity index (χ0n) is 13.6. The van der Waals surface area contributed by atoms with Crippen LogP contribution in [-0.4, -0.2) is 38.0 Å². The van der Waals surface area contributed by atoms with Gasteiger partial charge in [-0.3, -0.25) is 9.59 Å². The predicted molar refractivity (Wildman–Crippen MR) is 102 cm³/mol. The standard InChI is InChI=1S/C17H18BrN3O3.ClH/c1-21(17(23)14-6-7-15(18)24-14)13-5-3-2-4-12(13)16(22)20-11-8-9-19-10-11;/h2-7,11,19H,8-10H2,1H3,(H,20,22);1H. The molecular formula is C17H19BrClN3O3. The second-order valence-electron chi connectivity index (χ2n) is 5.65. The molecule has 8 heteroatoms. The van der Waals surface area contributed by atoms with E-state index in [1.165, 1.54) is 4.90 Å². The van der Waals surface area contributed by atoms with Crippen LogP contribution in [0.3, 0.4) is 0 Å². The Hall–Kier alpha value is -1.83. The summed E-state index contributed by atoms with van der Waals surface area (Å²) in [4.78, 5) is 26.6. The predicted octanol–water partition coefficient (Wildman–Crippen LogP) is 2.83. The van der Waals surface area contributed by atoms with Gasteiger partial charge in [-0.2, -0.15) is 0 Å². The van der Waals surface area contributed by atoms with Crippen LogP contribution in [0.15, 0.2) is 45.5 Å². The highest BCUT2D eigenvalue weighted by atomic mass is 79.9. The topological polar surface area (TPSA) is 74.6 Å². The van der Waals surface area contributed by atoms with Gasteiger partial charge in [-0.05, 0) is 53.2 Å². The van der Waals surface area contributed by atoms with Crippen LogP contribution < -0.4 is 15.5 Å². The van der Waals surface area contributed by atoms with Crippen molar-refractivity contribution in [3.8, 4) is 0 Å². The smallest absolute Gasteiger partial charge is 0.293 e. The lowest BCUT2D eigenvalue weighted by Gasteiger charge is -2.20. The van der Waals surface area contributed by atoms with Gasteiger partial charge in [0.1, 0.15) is 0 Å². The minimum Gasteiger partial charge on any atom is -0.444 e. The van der Waals surface area contributed by atoms with Crippen LogP contribution in [0.1, 0.15) is 27.3 Å². The number of anilines is 1. The highest BCUT2D eigenvalue weighted by molar-refractivity contribution is 9.10. The average molecular weight is 429 g/mol. The number of benzene rings is 1. The van der Waals surface area contributed by atoms with Crippen molar-refractivity contribution >= 4 is 45.8 Å². The van der Waals surface area contributed by atoms with Crippen molar-refractivity contribution in [1.82, 2.24) is 10.6 Å². The highest BCUT2D eigenvalue weighted by Gasteiger charge is 2.23. The van der Waals surface area contributed by atoms with Crippen molar-refractivity contribution in [2.45, 2.75) is 12.5 Å². The lowest BCUT2D eigenvalue weighted by molar-refractivity contribution is 0.0940. The maximum absolute atomic E-state index is 12.6. The van der Waals surface area contributed by atoms with Gasteiger partial charge in [0.2, 0.25) is 0 Å². The number of amides is 2. The number of rotatable bonds is 4. The monoisotopic (exact) mass is 427 g/mol. The Morgan fingerprint density at radius 2 is 2.04 bits per heavy atom. The maximum Gasteiger partial charge on any atom is 0.293 e. The molecule has 0 radical (unpaired) electrons. The molecule has 1 aliphatic heterocycles. The van der Waals surface area contributed by atoms with E-state index in [1.807, 2.05) is 0 Å². The second-order valence-corrected chi connectivity index (χ2v) is 6.43. The van der Waals surface area contributed by atoms with E-state index in [0.29, 0.717) is 15.9 Å². The molecule has 1 aromatic carbocycles. The zero-order chi connectivity index (χ0) is 17.1. The molecule has 134 valence electrons. The van der Waals surface area contributed by atoms with Gasteiger partial charge < -0.3 is 20.0 Å². The zero-order valence-corrected chi connectivity index (χ0v) is 16.0. The molecule has 2 amide bonds.